The minimum Gasteiger partial charge on any atom is -0.465 e. The fraction of sp³-hybridized carbons (Fsp3) is 0.471. The number of ether oxygens (including phenoxy) is 1. The van der Waals surface area contributed by atoms with Crippen molar-refractivity contribution >= 4 is 23.5 Å². The molecule has 1 saturated heterocycles. The van der Waals surface area contributed by atoms with Crippen LogP contribution >= 0.6 is 0 Å². The highest BCUT2D eigenvalue weighted by Gasteiger charge is 2.55. The first-order chi connectivity index (χ1) is 11.9. The third-order valence-corrected chi connectivity index (χ3v) is 4.27. The van der Waals surface area contributed by atoms with Gasteiger partial charge in [0, 0.05) is 0 Å². The quantitative estimate of drug-likeness (QED) is 0.598. The molecule has 2 aliphatic rings. The summed E-state index contributed by atoms with van der Waals surface area (Å²) in [5, 5.41) is 8.90. The van der Waals surface area contributed by atoms with Crippen LogP contribution in [0, 0.1) is 0 Å². The molecule has 132 valence electrons. The van der Waals surface area contributed by atoms with Gasteiger partial charge in [-0.1, -0.05) is 31.2 Å². The van der Waals surface area contributed by atoms with Crippen LogP contribution in [0.15, 0.2) is 34.6 Å². The van der Waals surface area contributed by atoms with E-state index in [0.29, 0.717) is 11.6 Å². The van der Waals surface area contributed by atoms with Crippen LogP contribution in [0.3, 0.4) is 0 Å². The van der Waals surface area contributed by atoms with Gasteiger partial charge in [0.05, 0.1) is 12.3 Å². The van der Waals surface area contributed by atoms with E-state index in [-0.39, 0.29) is 13.2 Å². The second-order valence-electron chi connectivity index (χ2n) is 6.26. The van der Waals surface area contributed by atoms with Crippen molar-refractivity contribution in [2.45, 2.75) is 38.8 Å². The summed E-state index contributed by atoms with van der Waals surface area (Å²) in [6.45, 7) is 5.86. The molecule has 0 N–H and O–H groups in total. The monoisotopic (exact) mass is 344 g/mol. The molecule has 2 aliphatic heterocycles. The van der Waals surface area contributed by atoms with Crippen molar-refractivity contribution in [3.8, 4) is 0 Å². The topological polar surface area (TPSA) is 91.6 Å². The maximum Gasteiger partial charge on any atom is 0.327 e. The number of carbonyl (C=O) groups excluding carboxylic acids is 3. The Hall–Kier alpha value is -2.77. The van der Waals surface area contributed by atoms with Crippen molar-refractivity contribution < 1.29 is 19.1 Å². The van der Waals surface area contributed by atoms with Crippen molar-refractivity contribution in [2.24, 2.45) is 10.3 Å². The molecule has 3 rings (SSSR count). The number of amides is 2. The average Bonchev–Trinajstić information content (AvgIpc) is 3.08. The first-order valence-electron chi connectivity index (χ1n) is 8.24. The lowest BCUT2D eigenvalue weighted by molar-refractivity contribution is -0.145. The molecule has 0 bridgehead atoms. The Morgan fingerprint density at radius 3 is 2.48 bits per heavy atom. The van der Waals surface area contributed by atoms with Gasteiger partial charge in [-0.2, -0.15) is 5.11 Å². The molecule has 8 heteroatoms. The summed E-state index contributed by atoms with van der Waals surface area (Å²) < 4.78 is 4.87. The highest BCUT2D eigenvalue weighted by atomic mass is 16.5. The number of hydrogen-bond donors (Lipinski definition) is 0. The molecule has 8 nitrogen and oxygen atoms in total. The van der Waals surface area contributed by atoms with E-state index in [0.717, 1.165) is 10.5 Å². The van der Waals surface area contributed by atoms with Gasteiger partial charge in [0.25, 0.3) is 11.8 Å². The predicted molar refractivity (Wildman–Crippen MR) is 88.8 cm³/mol. The first kappa shape index (κ1) is 17.1. The highest BCUT2D eigenvalue weighted by Crippen LogP contribution is 2.32. The molecule has 1 aromatic carbocycles. The summed E-state index contributed by atoms with van der Waals surface area (Å²) in [6, 6.07) is 5.49. The Morgan fingerprint density at radius 1 is 1.20 bits per heavy atom. The maximum absolute atomic E-state index is 12.8. The zero-order chi connectivity index (χ0) is 18.1. The Labute approximate surface area is 145 Å². The van der Waals surface area contributed by atoms with Crippen molar-refractivity contribution in [1.29, 1.82) is 0 Å². The number of anilines is 1. The Morgan fingerprint density at radius 2 is 1.88 bits per heavy atom. The van der Waals surface area contributed by atoms with Crippen molar-refractivity contribution in [3.05, 3.63) is 29.8 Å². The Balaban J connectivity index is 1.81. The van der Waals surface area contributed by atoms with Crippen LogP contribution in [0.5, 0.6) is 0 Å². The molecule has 1 fully saturated rings. The van der Waals surface area contributed by atoms with Gasteiger partial charge >= 0.3 is 5.97 Å². The Bertz CT molecular complexity index is 729. The highest BCUT2D eigenvalue weighted by molar-refractivity contribution is 6.25. The number of carbonyl (C=O) groups is 3. The fourth-order valence-corrected chi connectivity index (χ4v) is 2.96. The van der Waals surface area contributed by atoms with E-state index in [9.17, 15) is 14.4 Å². The average molecular weight is 344 g/mol. The van der Waals surface area contributed by atoms with Crippen molar-refractivity contribution in [3.63, 3.8) is 0 Å². The molecule has 2 heterocycles. The Kier molecular flexibility index (Phi) is 4.52. The van der Waals surface area contributed by atoms with E-state index in [4.69, 9.17) is 4.74 Å². The molecule has 0 radical (unpaired) electrons. The smallest absolute Gasteiger partial charge is 0.327 e. The van der Waals surface area contributed by atoms with E-state index in [1.165, 1.54) is 5.01 Å². The molecule has 0 aromatic heterocycles. The first-order valence-corrected chi connectivity index (χ1v) is 8.24. The minimum absolute atomic E-state index is 0.211. The molecular formula is C17H20N4O4. The van der Waals surface area contributed by atoms with Gasteiger partial charge in [0.1, 0.15) is 6.54 Å². The summed E-state index contributed by atoms with van der Waals surface area (Å²) >= 11 is 0. The number of esters is 1. The predicted octanol–water partition coefficient (Wildman–Crippen LogP) is 1.67. The zero-order valence-corrected chi connectivity index (χ0v) is 14.4. The lowest BCUT2D eigenvalue weighted by Gasteiger charge is -2.20. The van der Waals surface area contributed by atoms with Crippen LogP contribution < -0.4 is 4.90 Å². The SMILES string of the molecule is CCOC(=O)CN1N=N[C@@H]2C(=O)N(c3ccc(C(C)C)cc3)C(=O)[C@@H]21. The van der Waals surface area contributed by atoms with Gasteiger partial charge in [-0.05, 0) is 30.5 Å². The number of benzene rings is 1. The summed E-state index contributed by atoms with van der Waals surface area (Å²) in [7, 11) is 0. The zero-order valence-electron chi connectivity index (χ0n) is 14.4. The number of rotatable bonds is 5. The normalized spacial score (nSPS) is 22.1. The second kappa shape index (κ2) is 6.62. The van der Waals surface area contributed by atoms with Crippen molar-refractivity contribution in [2.75, 3.05) is 18.1 Å². The van der Waals surface area contributed by atoms with Crippen LogP contribution in [0.1, 0.15) is 32.3 Å². The van der Waals surface area contributed by atoms with Crippen molar-refractivity contribution in [1.82, 2.24) is 5.01 Å². The van der Waals surface area contributed by atoms with Gasteiger partial charge in [-0.3, -0.25) is 19.4 Å². The van der Waals surface area contributed by atoms with Crippen LogP contribution in [0.25, 0.3) is 0 Å². The van der Waals surface area contributed by atoms with Gasteiger partial charge in [-0.25, -0.2) is 4.90 Å². The largest absolute Gasteiger partial charge is 0.465 e. The molecule has 2 atom stereocenters. The molecule has 0 saturated carbocycles. The summed E-state index contributed by atoms with van der Waals surface area (Å²) in [5.74, 6) is -1.02. The van der Waals surface area contributed by atoms with Gasteiger partial charge in [0.2, 0.25) is 0 Å². The second-order valence-corrected chi connectivity index (χ2v) is 6.26. The third-order valence-electron chi connectivity index (χ3n) is 4.27. The van der Waals surface area contributed by atoms with E-state index in [1.54, 1.807) is 19.1 Å². The number of nitrogens with zero attached hydrogens (tertiary/aromatic N) is 4. The van der Waals surface area contributed by atoms with Gasteiger partial charge < -0.3 is 4.74 Å². The third kappa shape index (κ3) is 2.99. The van der Waals surface area contributed by atoms with Crippen LogP contribution in [0.2, 0.25) is 0 Å². The van der Waals surface area contributed by atoms with E-state index < -0.39 is 29.9 Å². The summed E-state index contributed by atoms with van der Waals surface area (Å²) in [5.41, 5.74) is 1.62. The van der Waals surface area contributed by atoms with Gasteiger partial charge in [-0.15, -0.1) is 0 Å². The number of imide groups is 1. The number of hydrogen-bond acceptors (Lipinski definition) is 7. The van der Waals surface area contributed by atoms with Crippen LogP contribution in [0.4, 0.5) is 5.69 Å². The molecule has 1 aromatic rings. The van der Waals surface area contributed by atoms with Crippen LogP contribution in [-0.4, -0.2) is 48.0 Å². The minimum atomic E-state index is -0.910. The molecule has 2 amide bonds. The molecule has 0 aliphatic carbocycles. The molecule has 25 heavy (non-hydrogen) atoms. The van der Waals surface area contributed by atoms with E-state index in [2.05, 4.69) is 24.2 Å². The molecule has 0 unspecified atom stereocenters. The fourth-order valence-electron chi connectivity index (χ4n) is 2.96. The number of fused-ring (bicyclic) bond motifs is 1. The molecular weight excluding hydrogens is 324 g/mol. The van der Waals surface area contributed by atoms with Gasteiger partial charge in [0.15, 0.2) is 12.1 Å². The lowest BCUT2D eigenvalue weighted by Crippen LogP contribution is -2.42. The summed E-state index contributed by atoms with van der Waals surface area (Å²) in [4.78, 5) is 38.1. The summed E-state index contributed by atoms with van der Waals surface area (Å²) in [6.07, 6.45) is 0. The standard InChI is InChI=1S/C17H20N4O4/c1-4-25-13(22)9-20-15-14(18-19-20)16(23)21(17(15)24)12-7-5-11(6-8-12)10(2)3/h5-8,10,14-15H,4,9H2,1-3H3/t14-,15+/m0/s1. The van der Waals surface area contributed by atoms with E-state index in [1.807, 2.05) is 12.1 Å². The van der Waals surface area contributed by atoms with Crippen LogP contribution in [-0.2, 0) is 19.1 Å². The van der Waals surface area contributed by atoms with E-state index >= 15 is 0 Å². The maximum atomic E-state index is 12.8. The lowest BCUT2D eigenvalue weighted by atomic mass is 10.0. The molecule has 0 spiro atoms.